The maximum atomic E-state index is 12.1. The Bertz CT molecular complexity index is 411. The molecule has 1 rings (SSSR count). The van der Waals surface area contributed by atoms with Crippen molar-refractivity contribution in [2.24, 2.45) is 5.92 Å². The molecule has 1 atom stereocenters. The summed E-state index contributed by atoms with van der Waals surface area (Å²) in [5.74, 6) is 0.438. The highest BCUT2D eigenvalue weighted by atomic mass is 16.1. The Hall–Kier alpha value is -1.51. The molecule has 0 aliphatic carbocycles. The lowest BCUT2D eigenvalue weighted by molar-refractivity contribution is 0.0926. The van der Waals surface area contributed by atoms with E-state index < -0.39 is 0 Å². The normalized spacial score (nSPS) is 12.5. The van der Waals surface area contributed by atoms with Gasteiger partial charge in [-0.3, -0.25) is 4.79 Å². The summed E-state index contributed by atoms with van der Waals surface area (Å²) in [5.41, 5.74) is 8.06. The van der Waals surface area contributed by atoms with E-state index in [1.807, 2.05) is 19.1 Å². The van der Waals surface area contributed by atoms with Crippen LogP contribution in [0.25, 0.3) is 0 Å². The molecule has 1 unspecified atom stereocenters. The first kappa shape index (κ1) is 14.6. The first-order chi connectivity index (χ1) is 8.49. The maximum absolute atomic E-state index is 12.1. The molecular formula is C15H24N2O. The van der Waals surface area contributed by atoms with Crippen LogP contribution in [-0.2, 0) is 0 Å². The molecule has 18 heavy (non-hydrogen) atoms. The largest absolute Gasteiger partial charge is 0.398 e. The van der Waals surface area contributed by atoms with Crippen molar-refractivity contribution in [1.82, 2.24) is 5.32 Å². The molecule has 0 fully saturated rings. The van der Waals surface area contributed by atoms with Gasteiger partial charge in [-0.15, -0.1) is 0 Å². The summed E-state index contributed by atoms with van der Waals surface area (Å²) in [7, 11) is 0. The van der Waals surface area contributed by atoms with Crippen molar-refractivity contribution in [3.63, 3.8) is 0 Å². The fraction of sp³-hybridized carbons (Fsp3) is 0.533. The van der Waals surface area contributed by atoms with Gasteiger partial charge in [0.1, 0.15) is 0 Å². The summed E-state index contributed by atoms with van der Waals surface area (Å²) in [6, 6.07) is 5.71. The van der Waals surface area contributed by atoms with E-state index in [1.165, 1.54) is 0 Å². The standard InChI is InChI=1S/C15H24N2O/c1-5-12(6-2)11(4)17-15(18)13-8-7-10(3)9-14(13)16/h7-9,11-12H,5-6,16H2,1-4H3,(H,17,18). The van der Waals surface area contributed by atoms with Crippen molar-refractivity contribution in [2.75, 3.05) is 5.73 Å². The zero-order valence-corrected chi connectivity index (χ0v) is 11.8. The van der Waals surface area contributed by atoms with Gasteiger partial charge in [0.15, 0.2) is 0 Å². The summed E-state index contributed by atoms with van der Waals surface area (Å²) in [6.45, 7) is 8.32. The molecule has 0 aromatic heterocycles. The fourth-order valence-corrected chi connectivity index (χ4v) is 2.29. The van der Waals surface area contributed by atoms with Gasteiger partial charge in [0, 0.05) is 11.7 Å². The Morgan fingerprint density at radius 3 is 2.44 bits per heavy atom. The maximum Gasteiger partial charge on any atom is 0.253 e. The van der Waals surface area contributed by atoms with Gasteiger partial charge < -0.3 is 11.1 Å². The molecule has 0 aliphatic rings. The molecule has 0 saturated carbocycles. The van der Waals surface area contributed by atoms with E-state index in [4.69, 9.17) is 5.73 Å². The Morgan fingerprint density at radius 1 is 1.33 bits per heavy atom. The summed E-state index contributed by atoms with van der Waals surface area (Å²) < 4.78 is 0. The minimum Gasteiger partial charge on any atom is -0.398 e. The molecule has 0 saturated heterocycles. The Kier molecular flexibility index (Phi) is 5.20. The third kappa shape index (κ3) is 3.49. The fourth-order valence-electron chi connectivity index (χ4n) is 2.29. The average Bonchev–Trinajstić information content (AvgIpc) is 2.30. The van der Waals surface area contributed by atoms with Gasteiger partial charge in [0.25, 0.3) is 5.91 Å². The van der Waals surface area contributed by atoms with Crippen LogP contribution < -0.4 is 11.1 Å². The number of carbonyl (C=O) groups excluding carboxylic acids is 1. The molecule has 1 aromatic rings. The van der Waals surface area contributed by atoms with Crippen LogP contribution in [0.5, 0.6) is 0 Å². The number of rotatable bonds is 5. The van der Waals surface area contributed by atoms with Crippen LogP contribution in [0.4, 0.5) is 5.69 Å². The van der Waals surface area contributed by atoms with E-state index >= 15 is 0 Å². The Morgan fingerprint density at radius 2 is 1.94 bits per heavy atom. The molecule has 0 spiro atoms. The molecule has 3 heteroatoms. The number of anilines is 1. The quantitative estimate of drug-likeness (QED) is 0.787. The van der Waals surface area contributed by atoms with E-state index in [2.05, 4.69) is 26.1 Å². The molecule has 100 valence electrons. The van der Waals surface area contributed by atoms with Gasteiger partial charge in [-0.2, -0.15) is 0 Å². The summed E-state index contributed by atoms with van der Waals surface area (Å²) in [5, 5.41) is 3.04. The van der Waals surface area contributed by atoms with Crippen molar-refractivity contribution < 1.29 is 4.79 Å². The summed E-state index contributed by atoms with van der Waals surface area (Å²) >= 11 is 0. The van der Waals surface area contributed by atoms with Crippen LogP contribution in [-0.4, -0.2) is 11.9 Å². The van der Waals surface area contributed by atoms with Gasteiger partial charge in [-0.1, -0.05) is 32.8 Å². The average molecular weight is 248 g/mol. The van der Waals surface area contributed by atoms with E-state index in [-0.39, 0.29) is 11.9 Å². The molecule has 3 N–H and O–H groups in total. The molecule has 0 aliphatic heterocycles. The predicted molar refractivity (Wildman–Crippen MR) is 76.6 cm³/mol. The molecule has 0 heterocycles. The second-order valence-electron chi connectivity index (χ2n) is 4.93. The first-order valence-corrected chi connectivity index (χ1v) is 6.66. The molecule has 1 amide bonds. The number of aryl methyl sites for hydroxylation is 1. The zero-order chi connectivity index (χ0) is 13.7. The smallest absolute Gasteiger partial charge is 0.253 e. The summed E-state index contributed by atoms with van der Waals surface area (Å²) in [4.78, 5) is 12.1. The van der Waals surface area contributed by atoms with Gasteiger partial charge in [-0.05, 0) is 37.5 Å². The second kappa shape index (κ2) is 6.43. The van der Waals surface area contributed by atoms with Crippen molar-refractivity contribution in [1.29, 1.82) is 0 Å². The first-order valence-electron chi connectivity index (χ1n) is 6.66. The highest BCUT2D eigenvalue weighted by molar-refractivity contribution is 5.99. The number of benzene rings is 1. The van der Waals surface area contributed by atoms with Crippen molar-refractivity contribution >= 4 is 11.6 Å². The van der Waals surface area contributed by atoms with Crippen LogP contribution in [0, 0.1) is 12.8 Å². The van der Waals surface area contributed by atoms with Crippen LogP contribution >= 0.6 is 0 Å². The number of amides is 1. The predicted octanol–water partition coefficient (Wildman–Crippen LogP) is 3.13. The van der Waals surface area contributed by atoms with Gasteiger partial charge in [0.2, 0.25) is 0 Å². The van der Waals surface area contributed by atoms with Crippen molar-refractivity contribution in [3.8, 4) is 0 Å². The topological polar surface area (TPSA) is 55.1 Å². The van der Waals surface area contributed by atoms with Gasteiger partial charge in [0.05, 0.1) is 5.56 Å². The Balaban J connectivity index is 2.76. The number of nitrogen functional groups attached to an aromatic ring is 1. The molecular weight excluding hydrogens is 224 g/mol. The minimum absolute atomic E-state index is 0.0769. The second-order valence-corrected chi connectivity index (χ2v) is 4.93. The van der Waals surface area contributed by atoms with Crippen LogP contribution in [0.3, 0.4) is 0 Å². The molecule has 3 nitrogen and oxygen atoms in total. The highest BCUT2D eigenvalue weighted by Crippen LogP contribution is 2.16. The third-order valence-electron chi connectivity index (χ3n) is 3.57. The molecule has 0 radical (unpaired) electrons. The summed E-state index contributed by atoms with van der Waals surface area (Å²) in [6.07, 6.45) is 2.14. The number of nitrogens with one attached hydrogen (secondary N) is 1. The molecule has 0 bridgehead atoms. The van der Waals surface area contributed by atoms with Crippen LogP contribution in [0.1, 0.15) is 49.5 Å². The van der Waals surface area contributed by atoms with Crippen LogP contribution in [0.15, 0.2) is 18.2 Å². The monoisotopic (exact) mass is 248 g/mol. The third-order valence-corrected chi connectivity index (χ3v) is 3.57. The lowest BCUT2D eigenvalue weighted by Gasteiger charge is -2.22. The van der Waals surface area contributed by atoms with Crippen molar-refractivity contribution in [3.05, 3.63) is 29.3 Å². The van der Waals surface area contributed by atoms with E-state index in [1.54, 1.807) is 6.07 Å². The van der Waals surface area contributed by atoms with Gasteiger partial charge in [-0.25, -0.2) is 0 Å². The SMILES string of the molecule is CCC(CC)C(C)NC(=O)c1ccc(C)cc1N. The number of nitrogens with two attached hydrogens (primary N) is 1. The lowest BCUT2D eigenvalue weighted by Crippen LogP contribution is -2.38. The minimum atomic E-state index is -0.0769. The molecule has 1 aromatic carbocycles. The number of hydrogen-bond acceptors (Lipinski definition) is 2. The van der Waals surface area contributed by atoms with Gasteiger partial charge >= 0.3 is 0 Å². The van der Waals surface area contributed by atoms with Crippen molar-refractivity contribution in [2.45, 2.75) is 46.6 Å². The number of hydrogen-bond donors (Lipinski definition) is 2. The van der Waals surface area contributed by atoms with E-state index in [9.17, 15) is 4.79 Å². The lowest BCUT2D eigenvalue weighted by atomic mass is 9.95. The Labute approximate surface area is 110 Å². The van der Waals surface area contributed by atoms with E-state index in [0.717, 1.165) is 18.4 Å². The van der Waals surface area contributed by atoms with E-state index in [0.29, 0.717) is 17.2 Å². The highest BCUT2D eigenvalue weighted by Gasteiger charge is 2.17. The van der Waals surface area contributed by atoms with Crippen LogP contribution in [0.2, 0.25) is 0 Å². The zero-order valence-electron chi connectivity index (χ0n) is 11.8. The number of carbonyl (C=O) groups is 1.